The number of carbonyl (C=O) groups is 2. The number of hydrogen-bond acceptors (Lipinski definition) is 5. The Bertz CT molecular complexity index is 1490. The number of benzene rings is 3. The fourth-order valence-electron chi connectivity index (χ4n) is 4.80. The molecule has 0 aromatic heterocycles. The largest absolute Gasteiger partial charge is 0.507 e. The second-order valence-electron chi connectivity index (χ2n) is 10.9. The van der Waals surface area contributed by atoms with Crippen LogP contribution in [-0.4, -0.2) is 38.0 Å². The molecule has 0 radical (unpaired) electrons. The molecule has 6 nitrogen and oxygen atoms in total. The zero-order chi connectivity index (χ0) is 29.6. The molecule has 1 amide bonds. The number of halogens is 3. The van der Waals surface area contributed by atoms with Crippen LogP contribution >= 0.6 is 0 Å². The Morgan fingerprint density at radius 2 is 1.60 bits per heavy atom. The lowest BCUT2D eigenvalue weighted by Crippen LogP contribution is -2.29. The standard InChI is InChI=1S/C31H31F3N2O4/c1-30(2,3)23-16-19(12-15-24(23)40-6)27(37)25-26(18-10-13-21(14-11-18)35(4)5)36(29(39)28(25)38)22-9-7-8-20(17-22)31(32,33)34/h7-17,26,37H,1-6H3/b27-25-. The highest BCUT2D eigenvalue weighted by atomic mass is 19.4. The Balaban J connectivity index is 1.97. The van der Waals surface area contributed by atoms with Gasteiger partial charge in [-0.05, 0) is 59.5 Å². The number of ketones is 1. The fraction of sp³-hybridized carbons (Fsp3) is 0.290. The molecule has 0 spiro atoms. The minimum absolute atomic E-state index is 0.109. The van der Waals surface area contributed by atoms with Gasteiger partial charge in [-0.2, -0.15) is 13.2 Å². The van der Waals surface area contributed by atoms with Gasteiger partial charge in [-0.15, -0.1) is 0 Å². The third-order valence-electron chi connectivity index (χ3n) is 6.90. The van der Waals surface area contributed by atoms with E-state index in [0.717, 1.165) is 28.3 Å². The molecule has 9 heteroatoms. The van der Waals surface area contributed by atoms with Gasteiger partial charge in [-0.1, -0.05) is 39.0 Å². The summed E-state index contributed by atoms with van der Waals surface area (Å²) in [6.07, 6.45) is -4.65. The SMILES string of the molecule is COc1ccc(/C(O)=C2/C(=O)C(=O)N(c3cccc(C(F)(F)F)c3)C2c2ccc(N(C)C)cc2)cc1C(C)(C)C. The number of aliphatic hydroxyl groups excluding tert-OH is 1. The van der Waals surface area contributed by atoms with Gasteiger partial charge in [0.1, 0.15) is 11.5 Å². The molecule has 3 aromatic rings. The van der Waals surface area contributed by atoms with Crippen LogP contribution in [0.3, 0.4) is 0 Å². The van der Waals surface area contributed by atoms with Crippen molar-refractivity contribution in [2.24, 2.45) is 0 Å². The molecule has 1 fully saturated rings. The van der Waals surface area contributed by atoms with Crippen molar-refractivity contribution in [3.05, 3.63) is 94.6 Å². The van der Waals surface area contributed by atoms with Crippen molar-refractivity contribution in [2.75, 3.05) is 31.0 Å². The van der Waals surface area contributed by atoms with E-state index in [4.69, 9.17) is 4.74 Å². The van der Waals surface area contributed by atoms with Crippen molar-refractivity contribution in [2.45, 2.75) is 38.4 Å². The van der Waals surface area contributed by atoms with Crippen molar-refractivity contribution < 1.29 is 32.6 Å². The summed E-state index contributed by atoms with van der Waals surface area (Å²) >= 11 is 0. The van der Waals surface area contributed by atoms with Gasteiger partial charge in [0.05, 0.1) is 24.3 Å². The second kappa shape index (κ2) is 10.4. The van der Waals surface area contributed by atoms with Crippen LogP contribution in [0, 0.1) is 0 Å². The number of Topliss-reactive ketones (excluding diaryl/α,β-unsaturated/α-hetero) is 1. The smallest absolute Gasteiger partial charge is 0.416 e. The average Bonchev–Trinajstić information content (AvgIpc) is 3.17. The molecule has 210 valence electrons. The average molecular weight is 553 g/mol. The molecule has 1 unspecified atom stereocenters. The summed E-state index contributed by atoms with van der Waals surface area (Å²) in [6, 6.07) is 14.9. The third kappa shape index (κ3) is 5.28. The van der Waals surface area contributed by atoms with Crippen molar-refractivity contribution in [1.82, 2.24) is 0 Å². The maximum absolute atomic E-state index is 13.6. The number of amides is 1. The monoisotopic (exact) mass is 552 g/mol. The predicted octanol–water partition coefficient (Wildman–Crippen LogP) is 6.70. The zero-order valence-corrected chi connectivity index (χ0v) is 23.1. The highest BCUT2D eigenvalue weighted by Crippen LogP contribution is 2.44. The highest BCUT2D eigenvalue weighted by Gasteiger charge is 2.47. The number of alkyl halides is 3. The molecule has 1 atom stereocenters. The zero-order valence-electron chi connectivity index (χ0n) is 23.1. The number of carbonyl (C=O) groups excluding carboxylic acids is 2. The molecule has 0 aliphatic carbocycles. The maximum Gasteiger partial charge on any atom is 0.416 e. The molecule has 1 heterocycles. The van der Waals surface area contributed by atoms with Crippen molar-refractivity contribution >= 4 is 28.8 Å². The Morgan fingerprint density at radius 3 is 2.15 bits per heavy atom. The number of methoxy groups -OCH3 is 1. The minimum Gasteiger partial charge on any atom is -0.507 e. The maximum atomic E-state index is 13.6. The van der Waals surface area contributed by atoms with E-state index >= 15 is 0 Å². The molecule has 0 bridgehead atoms. The van der Waals surface area contributed by atoms with Gasteiger partial charge in [0, 0.05) is 36.6 Å². The molecule has 0 saturated carbocycles. The third-order valence-corrected chi connectivity index (χ3v) is 6.90. The Morgan fingerprint density at radius 1 is 0.950 bits per heavy atom. The van der Waals surface area contributed by atoms with Crippen molar-refractivity contribution in [1.29, 1.82) is 0 Å². The molecule has 1 N–H and O–H groups in total. The Kier molecular flexibility index (Phi) is 7.45. The first-order valence-electron chi connectivity index (χ1n) is 12.6. The van der Waals surface area contributed by atoms with Crippen molar-refractivity contribution in [3.8, 4) is 5.75 Å². The number of aliphatic hydroxyl groups is 1. The lowest BCUT2D eigenvalue weighted by atomic mass is 9.84. The molecule has 3 aromatic carbocycles. The van der Waals surface area contributed by atoms with Crippen molar-refractivity contribution in [3.63, 3.8) is 0 Å². The summed E-state index contributed by atoms with van der Waals surface area (Å²) in [4.78, 5) is 29.8. The fourth-order valence-corrected chi connectivity index (χ4v) is 4.80. The normalized spacial score (nSPS) is 17.3. The van der Waals surface area contributed by atoms with E-state index in [2.05, 4.69) is 0 Å². The topological polar surface area (TPSA) is 70.1 Å². The van der Waals surface area contributed by atoms with Crippen LogP contribution in [-0.2, 0) is 21.2 Å². The number of rotatable bonds is 5. The van der Waals surface area contributed by atoms with Gasteiger partial charge in [-0.3, -0.25) is 14.5 Å². The highest BCUT2D eigenvalue weighted by molar-refractivity contribution is 6.51. The number of anilines is 2. The molecular weight excluding hydrogens is 521 g/mol. The number of hydrogen-bond donors (Lipinski definition) is 1. The van der Waals surface area contributed by atoms with E-state index in [-0.39, 0.29) is 22.2 Å². The lowest BCUT2D eigenvalue weighted by Gasteiger charge is -2.27. The molecule has 1 aliphatic rings. The Hall–Kier alpha value is -4.27. The van der Waals surface area contributed by atoms with Gasteiger partial charge >= 0.3 is 6.18 Å². The van der Waals surface area contributed by atoms with E-state index in [1.165, 1.54) is 19.2 Å². The Labute approximate surface area is 231 Å². The van der Waals surface area contributed by atoms with Gasteiger partial charge in [0.2, 0.25) is 0 Å². The molecule has 4 rings (SSSR count). The summed E-state index contributed by atoms with van der Waals surface area (Å²) in [7, 11) is 5.22. The first kappa shape index (κ1) is 28.7. The van der Waals surface area contributed by atoms with Crippen LogP contribution < -0.4 is 14.5 Å². The number of ether oxygens (including phenoxy) is 1. The summed E-state index contributed by atoms with van der Waals surface area (Å²) in [5, 5.41) is 11.5. The van der Waals surface area contributed by atoms with E-state index in [1.54, 1.807) is 42.5 Å². The first-order chi connectivity index (χ1) is 18.6. The second-order valence-corrected chi connectivity index (χ2v) is 10.9. The van der Waals surface area contributed by atoms with E-state index < -0.39 is 35.2 Å². The van der Waals surface area contributed by atoms with Gasteiger partial charge in [-0.25, -0.2) is 0 Å². The molecule has 40 heavy (non-hydrogen) atoms. The van der Waals surface area contributed by atoms with E-state index in [0.29, 0.717) is 11.3 Å². The summed E-state index contributed by atoms with van der Waals surface area (Å²) in [6.45, 7) is 5.90. The van der Waals surface area contributed by atoms with Crippen LogP contribution in [0.2, 0.25) is 0 Å². The number of nitrogens with zero attached hydrogens (tertiary/aromatic N) is 2. The van der Waals surface area contributed by atoms with E-state index in [1.807, 2.05) is 39.8 Å². The van der Waals surface area contributed by atoms with Crippen LogP contribution in [0.15, 0.2) is 72.3 Å². The minimum atomic E-state index is -4.65. The summed E-state index contributed by atoms with van der Waals surface area (Å²) in [5.41, 5.74) is 0.665. The van der Waals surface area contributed by atoms with Crippen LogP contribution in [0.4, 0.5) is 24.5 Å². The first-order valence-corrected chi connectivity index (χ1v) is 12.6. The lowest BCUT2D eigenvalue weighted by molar-refractivity contribution is -0.137. The van der Waals surface area contributed by atoms with Crippen LogP contribution in [0.5, 0.6) is 5.75 Å². The van der Waals surface area contributed by atoms with Gasteiger partial charge < -0.3 is 14.7 Å². The van der Waals surface area contributed by atoms with Gasteiger partial charge in [0.25, 0.3) is 11.7 Å². The van der Waals surface area contributed by atoms with Gasteiger partial charge in [0.15, 0.2) is 0 Å². The van der Waals surface area contributed by atoms with Crippen LogP contribution in [0.25, 0.3) is 5.76 Å². The summed E-state index contributed by atoms with van der Waals surface area (Å²) < 4.78 is 46.2. The van der Waals surface area contributed by atoms with Crippen LogP contribution in [0.1, 0.15) is 49.1 Å². The summed E-state index contributed by atoms with van der Waals surface area (Å²) in [5.74, 6) is -1.87. The quantitative estimate of drug-likeness (QED) is 0.217. The predicted molar refractivity (Wildman–Crippen MR) is 149 cm³/mol. The molecular formula is C31H31F3N2O4. The molecule has 1 saturated heterocycles. The van der Waals surface area contributed by atoms with E-state index in [9.17, 15) is 27.9 Å². The molecule has 1 aliphatic heterocycles.